The summed E-state index contributed by atoms with van der Waals surface area (Å²) in [5.74, 6) is 4.87. The summed E-state index contributed by atoms with van der Waals surface area (Å²) in [4.78, 5) is 12.6. The lowest BCUT2D eigenvalue weighted by Gasteiger charge is -2.60. The first-order valence-electron chi connectivity index (χ1n) is 7.52. The summed E-state index contributed by atoms with van der Waals surface area (Å²) in [6.45, 7) is 2.42. The highest BCUT2D eigenvalue weighted by molar-refractivity contribution is 5.85. The maximum atomic E-state index is 12.6. The van der Waals surface area contributed by atoms with Gasteiger partial charge in [0.15, 0.2) is 0 Å². The van der Waals surface area contributed by atoms with E-state index in [1.165, 1.54) is 38.5 Å². The van der Waals surface area contributed by atoms with Gasteiger partial charge in [-0.2, -0.15) is 0 Å². The largest absolute Gasteiger partial charge is 0.299 e. The molecule has 0 spiro atoms. The molecule has 0 aromatic heterocycles. The molecule has 0 radical (unpaired) electrons. The SMILES string of the molecule is C#CCCCC(=O)C12CC3CC(CC(C)(C3)C1)C2. The van der Waals surface area contributed by atoms with E-state index in [-0.39, 0.29) is 5.41 Å². The van der Waals surface area contributed by atoms with Gasteiger partial charge in [-0.05, 0) is 62.2 Å². The predicted octanol–water partition coefficient (Wildman–Crippen LogP) is 3.97. The number of Topliss-reactive ketones (excluding diaryl/α,β-unsaturated/α-hetero) is 1. The van der Waals surface area contributed by atoms with Crippen LogP contribution in [0, 0.1) is 35.0 Å². The van der Waals surface area contributed by atoms with Crippen LogP contribution in [-0.4, -0.2) is 5.78 Å². The molecule has 4 aliphatic carbocycles. The first kappa shape index (κ1) is 12.3. The topological polar surface area (TPSA) is 17.1 Å². The molecular formula is C17H24O. The van der Waals surface area contributed by atoms with E-state index in [0.717, 1.165) is 31.1 Å². The number of rotatable bonds is 4. The van der Waals surface area contributed by atoms with Crippen molar-refractivity contribution in [2.75, 3.05) is 0 Å². The number of terminal acetylenes is 1. The van der Waals surface area contributed by atoms with Gasteiger partial charge in [0.2, 0.25) is 0 Å². The summed E-state index contributed by atoms with van der Waals surface area (Å²) in [7, 11) is 0. The van der Waals surface area contributed by atoms with Crippen molar-refractivity contribution in [1.29, 1.82) is 0 Å². The van der Waals surface area contributed by atoms with Crippen molar-refractivity contribution in [3.8, 4) is 12.3 Å². The van der Waals surface area contributed by atoms with Gasteiger partial charge in [-0.25, -0.2) is 0 Å². The number of carbonyl (C=O) groups excluding carboxylic acids is 1. The molecule has 0 saturated heterocycles. The molecule has 0 amide bonds. The van der Waals surface area contributed by atoms with Crippen molar-refractivity contribution in [2.45, 2.75) is 64.7 Å². The Kier molecular flexibility index (Phi) is 2.81. The van der Waals surface area contributed by atoms with Crippen molar-refractivity contribution in [1.82, 2.24) is 0 Å². The molecule has 0 aromatic carbocycles. The third-order valence-corrected chi connectivity index (χ3v) is 5.67. The van der Waals surface area contributed by atoms with E-state index in [1.54, 1.807) is 0 Å². The van der Waals surface area contributed by atoms with E-state index in [2.05, 4.69) is 12.8 Å². The van der Waals surface area contributed by atoms with E-state index in [4.69, 9.17) is 6.42 Å². The first-order valence-corrected chi connectivity index (χ1v) is 7.52. The van der Waals surface area contributed by atoms with Gasteiger partial charge in [-0.1, -0.05) is 6.92 Å². The van der Waals surface area contributed by atoms with Crippen molar-refractivity contribution >= 4 is 5.78 Å². The smallest absolute Gasteiger partial charge is 0.139 e. The highest BCUT2D eigenvalue weighted by Crippen LogP contribution is 2.65. The summed E-state index contributed by atoms with van der Waals surface area (Å²) >= 11 is 0. The van der Waals surface area contributed by atoms with Crippen LogP contribution in [0.1, 0.15) is 64.7 Å². The van der Waals surface area contributed by atoms with Crippen molar-refractivity contribution in [3.63, 3.8) is 0 Å². The first-order chi connectivity index (χ1) is 8.55. The molecule has 18 heavy (non-hydrogen) atoms. The second-order valence-corrected chi connectivity index (χ2v) is 7.53. The molecule has 4 saturated carbocycles. The highest BCUT2D eigenvalue weighted by atomic mass is 16.1. The van der Waals surface area contributed by atoms with Crippen LogP contribution in [0.25, 0.3) is 0 Å². The van der Waals surface area contributed by atoms with Gasteiger partial charge in [0.1, 0.15) is 5.78 Å². The minimum atomic E-state index is 0.0629. The molecule has 4 rings (SSSR count). The number of carbonyl (C=O) groups is 1. The molecule has 2 atom stereocenters. The Labute approximate surface area is 111 Å². The van der Waals surface area contributed by atoms with Crippen LogP contribution in [0.4, 0.5) is 0 Å². The van der Waals surface area contributed by atoms with Gasteiger partial charge >= 0.3 is 0 Å². The van der Waals surface area contributed by atoms with Crippen LogP contribution < -0.4 is 0 Å². The third-order valence-electron chi connectivity index (χ3n) is 5.67. The highest BCUT2D eigenvalue weighted by Gasteiger charge is 2.58. The Morgan fingerprint density at radius 2 is 1.94 bits per heavy atom. The minimum absolute atomic E-state index is 0.0629. The van der Waals surface area contributed by atoms with Gasteiger partial charge in [-0.15, -0.1) is 12.3 Å². The molecule has 2 unspecified atom stereocenters. The summed E-state index contributed by atoms with van der Waals surface area (Å²) < 4.78 is 0. The Bertz CT molecular complexity index is 386. The maximum Gasteiger partial charge on any atom is 0.139 e. The summed E-state index contributed by atoms with van der Waals surface area (Å²) in [6, 6.07) is 0. The molecule has 4 aliphatic rings. The standard InChI is InChI=1S/C17H24O/c1-3-4-5-6-15(18)17-10-13-7-14(11-17)9-16(2,8-13)12-17/h1,13-14H,4-12H2,2H3. The zero-order chi connectivity index (χ0) is 12.8. The fourth-order valence-electron chi connectivity index (χ4n) is 5.66. The van der Waals surface area contributed by atoms with Gasteiger partial charge in [0.05, 0.1) is 0 Å². The number of hydrogen-bond acceptors (Lipinski definition) is 1. The number of ketones is 1. The van der Waals surface area contributed by atoms with Crippen molar-refractivity contribution < 1.29 is 4.79 Å². The van der Waals surface area contributed by atoms with Gasteiger partial charge in [-0.3, -0.25) is 4.79 Å². The summed E-state index contributed by atoms with van der Waals surface area (Å²) in [6.07, 6.45) is 15.3. The Balaban J connectivity index is 1.75. The summed E-state index contributed by atoms with van der Waals surface area (Å²) in [5, 5.41) is 0. The van der Waals surface area contributed by atoms with Crippen molar-refractivity contribution in [2.24, 2.45) is 22.7 Å². The lowest BCUT2D eigenvalue weighted by Crippen LogP contribution is -2.53. The fourth-order valence-corrected chi connectivity index (χ4v) is 5.66. The van der Waals surface area contributed by atoms with Crippen LogP contribution in [-0.2, 0) is 4.79 Å². The lowest BCUT2D eigenvalue weighted by molar-refractivity contribution is -0.153. The number of unbranched alkanes of at least 4 members (excludes halogenated alkanes) is 1. The quantitative estimate of drug-likeness (QED) is 0.540. The van der Waals surface area contributed by atoms with E-state index >= 15 is 0 Å². The Morgan fingerprint density at radius 1 is 1.28 bits per heavy atom. The zero-order valence-corrected chi connectivity index (χ0v) is 11.5. The van der Waals surface area contributed by atoms with Gasteiger partial charge < -0.3 is 0 Å². The van der Waals surface area contributed by atoms with Gasteiger partial charge in [0, 0.05) is 18.3 Å². The van der Waals surface area contributed by atoms with Crippen molar-refractivity contribution in [3.05, 3.63) is 0 Å². The van der Waals surface area contributed by atoms with Crippen LogP contribution >= 0.6 is 0 Å². The minimum Gasteiger partial charge on any atom is -0.299 e. The molecule has 0 N–H and O–H groups in total. The molecule has 1 nitrogen and oxygen atoms in total. The lowest BCUT2D eigenvalue weighted by atomic mass is 9.43. The van der Waals surface area contributed by atoms with Crippen LogP contribution in [0.15, 0.2) is 0 Å². The molecule has 98 valence electrons. The molecule has 4 bridgehead atoms. The molecule has 0 aliphatic heterocycles. The second-order valence-electron chi connectivity index (χ2n) is 7.53. The Hall–Kier alpha value is -0.770. The number of hydrogen-bond donors (Lipinski definition) is 0. The van der Waals surface area contributed by atoms with E-state index in [0.29, 0.717) is 11.2 Å². The molecule has 0 heterocycles. The van der Waals surface area contributed by atoms with E-state index < -0.39 is 0 Å². The Morgan fingerprint density at radius 3 is 2.50 bits per heavy atom. The molecule has 4 fully saturated rings. The average molecular weight is 244 g/mol. The molecule has 1 heteroatoms. The van der Waals surface area contributed by atoms with E-state index in [9.17, 15) is 4.79 Å². The average Bonchev–Trinajstić information content (AvgIpc) is 2.25. The van der Waals surface area contributed by atoms with Gasteiger partial charge in [0.25, 0.3) is 0 Å². The fraction of sp³-hybridized carbons (Fsp3) is 0.824. The zero-order valence-electron chi connectivity index (χ0n) is 11.5. The molecular weight excluding hydrogens is 220 g/mol. The molecule has 0 aromatic rings. The van der Waals surface area contributed by atoms with Crippen LogP contribution in [0.5, 0.6) is 0 Å². The predicted molar refractivity (Wildman–Crippen MR) is 72.9 cm³/mol. The third kappa shape index (κ3) is 1.91. The monoisotopic (exact) mass is 244 g/mol. The second kappa shape index (κ2) is 4.12. The normalized spacial score (nSPS) is 44.9. The van der Waals surface area contributed by atoms with Crippen LogP contribution in [0.3, 0.4) is 0 Å². The summed E-state index contributed by atoms with van der Waals surface area (Å²) in [5.41, 5.74) is 0.541. The maximum absolute atomic E-state index is 12.6. The van der Waals surface area contributed by atoms with E-state index in [1.807, 2.05) is 0 Å². The van der Waals surface area contributed by atoms with Crippen LogP contribution in [0.2, 0.25) is 0 Å².